The van der Waals surface area contributed by atoms with Crippen molar-refractivity contribution in [2.45, 2.75) is 13.5 Å². The third kappa shape index (κ3) is 6.10. The van der Waals surface area contributed by atoms with Gasteiger partial charge in [-0.25, -0.2) is 9.13 Å². The van der Waals surface area contributed by atoms with Crippen LogP contribution in [0.3, 0.4) is 0 Å². The summed E-state index contributed by atoms with van der Waals surface area (Å²) in [7, 11) is 2.02. The molecule has 0 bridgehead atoms. The number of aryl methyl sites for hydroxylation is 2. The van der Waals surface area contributed by atoms with Crippen molar-refractivity contribution in [3.8, 4) is 0 Å². The van der Waals surface area contributed by atoms with Crippen molar-refractivity contribution in [1.29, 1.82) is 0 Å². The minimum absolute atomic E-state index is 0.215. The molecule has 1 aromatic heterocycles. The van der Waals surface area contributed by atoms with E-state index in [1.165, 1.54) is 0 Å². The molecular formula is C6H11Br2IN2. The van der Waals surface area contributed by atoms with Gasteiger partial charge in [0.15, 0.2) is 0 Å². The molecule has 0 saturated heterocycles. The van der Waals surface area contributed by atoms with Gasteiger partial charge in [-0.15, -0.1) is 0 Å². The molecule has 0 fully saturated rings. The van der Waals surface area contributed by atoms with Crippen LogP contribution in [-0.4, -0.2) is 4.57 Å². The molecular weight excluding hydrogens is 387 g/mol. The second-order valence-corrected chi connectivity index (χ2v) is 11.7. The molecule has 0 spiro atoms. The van der Waals surface area contributed by atoms with Gasteiger partial charge < -0.3 is 0 Å². The van der Waals surface area contributed by atoms with Gasteiger partial charge in [0.1, 0.15) is 12.4 Å². The minimum atomic E-state index is 0.215. The van der Waals surface area contributed by atoms with Gasteiger partial charge in [-0.05, 0) is 6.92 Å². The third-order valence-electron chi connectivity index (χ3n) is 1.19. The number of halogens is 3. The van der Waals surface area contributed by atoms with Crippen molar-refractivity contribution in [2.24, 2.45) is 7.05 Å². The predicted octanol–water partition coefficient (Wildman–Crippen LogP) is -0.972. The average Bonchev–Trinajstić information content (AvgIpc) is 2.37. The first-order valence-corrected chi connectivity index (χ1v) is 12.8. The van der Waals surface area contributed by atoms with Crippen molar-refractivity contribution in [3.05, 3.63) is 18.7 Å². The number of aromatic nitrogens is 2. The zero-order chi connectivity index (χ0) is 8.69. The summed E-state index contributed by atoms with van der Waals surface area (Å²) in [5.74, 6) is 0. The molecule has 0 amide bonds. The van der Waals surface area contributed by atoms with Gasteiger partial charge in [0, 0.05) is 0 Å². The number of hydrogen-bond acceptors (Lipinski definition) is 0. The summed E-state index contributed by atoms with van der Waals surface area (Å²) in [5.41, 5.74) is 0. The van der Waals surface area contributed by atoms with E-state index in [0.29, 0.717) is 0 Å². The summed E-state index contributed by atoms with van der Waals surface area (Å²) in [6.45, 7) is 3.18. The Bertz CT molecular complexity index is 190. The maximum absolute atomic E-state index is 3.17. The molecule has 11 heavy (non-hydrogen) atoms. The first-order valence-electron chi connectivity index (χ1n) is 3.12. The molecule has 1 heterocycles. The van der Waals surface area contributed by atoms with E-state index in [0.717, 1.165) is 6.54 Å². The molecule has 1 aromatic rings. The van der Waals surface area contributed by atoms with Crippen molar-refractivity contribution in [1.82, 2.24) is 4.57 Å². The summed E-state index contributed by atoms with van der Waals surface area (Å²) in [4.78, 5) is 0. The number of rotatable bonds is 1. The zero-order valence-electron chi connectivity index (χ0n) is 6.47. The topological polar surface area (TPSA) is 8.81 Å². The van der Waals surface area contributed by atoms with E-state index in [4.69, 9.17) is 0 Å². The molecule has 5 heteroatoms. The Morgan fingerprint density at radius 1 is 1.55 bits per heavy atom. The quantitative estimate of drug-likeness (QED) is 0.426. The summed E-state index contributed by atoms with van der Waals surface area (Å²) < 4.78 is 4.16. The van der Waals surface area contributed by atoms with Gasteiger partial charge in [-0.2, -0.15) is 0 Å². The molecule has 2 nitrogen and oxygen atoms in total. The number of hydrogen-bond donors (Lipinski definition) is 0. The van der Waals surface area contributed by atoms with Crippen LogP contribution in [-0.2, 0) is 13.6 Å². The van der Waals surface area contributed by atoms with Gasteiger partial charge in [0.25, 0.3) is 0 Å². The maximum atomic E-state index is 3.17. The first kappa shape index (κ1) is 11.9. The molecule has 0 N–H and O–H groups in total. The van der Waals surface area contributed by atoms with Crippen LogP contribution in [0.4, 0.5) is 0 Å². The Morgan fingerprint density at radius 3 is 2.27 bits per heavy atom. The molecule has 0 aliphatic rings. The Kier molecular flexibility index (Phi) is 8.16. The van der Waals surface area contributed by atoms with E-state index in [1.54, 1.807) is 0 Å². The van der Waals surface area contributed by atoms with Crippen LogP contribution < -0.4 is 21.3 Å². The Balaban J connectivity index is 0.000000292. The fourth-order valence-electron chi connectivity index (χ4n) is 0.689. The van der Waals surface area contributed by atoms with Crippen LogP contribution in [0.25, 0.3) is 0 Å². The largest absolute Gasteiger partial charge is 0.243 e. The molecule has 0 atom stereocenters. The second kappa shape index (κ2) is 7.54. The number of imidazole rings is 1. The van der Waals surface area contributed by atoms with E-state index >= 15 is 0 Å². The zero-order valence-corrected chi connectivity index (χ0v) is 11.8. The second-order valence-electron chi connectivity index (χ2n) is 1.96. The van der Waals surface area contributed by atoms with Gasteiger partial charge in [-0.1, -0.05) is 0 Å². The van der Waals surface area contributed by atoms with E-state index in [9.17, 15) is 0 Å². The van der Waals surface area contributed by atoms with E-state index < -0.39 is 0 Å². The molecule has 0 aliphatic heterocycles. The van der Waals surface area contributed by atoms with Crippen molar-refractivity contribution in [2.75, 3.05) is 0 Å². The summed E-state index contributed by atoms with van der Waals surface area (Å²) in [5, 5.41) is 0. The van der Waals surface area contributed by atoms with Gasteiger partial charge >= 0.3 is 42.1 Å². The monoisotopic (exact) mass is 396 g/mol. The smallest absolute Gasteiger partial charge is 0.240 e. The molecule has 66 valence electrons. The summed E-state index contributed by atoms with van der Waals surface area (Å²) in [6.07, 6.45) is 6.14. The SMILES string of the molecule is Br[I-]Br.CCn1cc[n+](C)c1. The van der Waals surface area contributed by atoms with Gasteiger partial charge in [0.05, 0.1) is 13.6 Å². The standard InChI is InChI=1S/C6H11N2.Br2I/c1-3-8-5-4-7(2)6-8;1-3-2/h4-6H,3H2,1-2H3;/q+1;-1. The molecule has 0 unspecified atom stereocenters. The fraction of sp³-hybridized carbons (Fsp3) is 0.500. The van der Waals surface area contributed by atoms with Crippen molar-refractivity contribution < 1.29 is 21.3 Å². The molecule has 0 saturated carbocycles. The van der Waals surface area contributed by atoms with E-state index in [1.807, 2.05) is 17.8 Å². The maximum Gasteiger partial charge on any atom is 0.243 e. The van der Waals surface area contributed by atoms with Crippen molar-refractivity contribution >= 4 is 25.4 Å². The van der Waals surface area contributed by atoms with Crippen LogP contribution >= 0.6 is 25.4 Å². The first-order chi connectivity index (χ1) is 5.24. The minimum Gasteiger partial charge on any atom is -0.240 e. The molecule has 0 radical (unpaired) electrons. The normalized spacial score (nSPS) is 9.09. The van der Waals surface area contributed by atoms with E-state index in [2.05, 4.69) is 49.4 Å². The molecule has 0 aromatic carbocycles. The average molecular weight is 398 g/mol. The van der Waals surface area contributed by atoms with Crippen molar-refractivity contribution in [3.63, 3.8) is 0 Å². The van der Waals surface area contributed by atoms with Gasteiger partial charge in [0.2, 0.25) is 6.33 Å². The summed E-state index contributed by atoms with van der Waals surface area (Å²) >= 11 is 6.56. The van der Waals surface area contributed by atoms with Crippen LogP contribution in [0.15, 0.2) is 18.7 Å². The summed E-state index contributed by atoms with van der Waals surface area (Å²) in [6, 6.07) is 0. The fourth-order valence-corrected chi connectivity index (χ4v) is 0.689. The predicted molar refractivity (Wildman–Crippen MR) is 49.1 cm³/mol. The van der Waals surface area contributed by atoms with E-state index in [-0.39, 0.29) is 16.8 Å². The molecule has 0 aliphatic carbocycles. The Hall–Kier alpha value is 0.900. The van der Waals surface area contributed by atoms with Crippen LogP contribution in [0.1, 0.15) is 6.92 Å². The number of nitrogens with zero attached hydrogens (tertiary/aromatic N) is 2. The van der Waals surface area contributed by atoms with Crippen LogP contribution in [0.5, 0.6) is 0 Å². The Labute approximate surface area is 89.7 Å². The van der Waals surface area contributed by atoms with Crippen LogP contribution in [0, 0.1) is 0 Å². The Morgan fingerprint density at radius 2 is 2.09 bits per heavy atom. The van der Waals surface area contributed by atoms with Crippen LogP contribution in [0.2, 0.25) is 0 Å². The third-order valence-corrected chi connectivity index (χ3v) is 1.19. The molecule has 1 rings (SSSR count). The van der Waals surface area contributed by atoms with Gasteiger partial charge in [-0.3, -0.25) is 0 Å².